The number of para-hydroxylation sites is 1. The molecule has 4 rings (SSSR count). The second-order valence-electron chi connectivity index (χ2n) is 5.19. The van der Waals surface area contributed by atoms with Crippen LogP contribution in [0.1, 0.15) is 17.3 Å². The topological polar surface area (TPSA) is 58.6 Å². The summed E-state index contributed by atoms with van der Waals surface area (Å²) in [6.07, 6.45) is 3.35. The van der Waals surface area contributed by atoms with E-state index >= 15 is 0 Å². The standard InChI is InChI=1S/C17H13N3OS2/c1-10(23-17-16-14(6-7-22-16)19-9-20-17)15(21)12-8-18-13-5-3-2-4-11(12)13/h2-10,18H,1H3. The number of fused-ring (bicyclic) bond motifs is 2. The first-order valence-corrected chi connectivity index (χ1v) is 8.95. The summed E-state index contributed by atoms with van der Waals surface area (Å²) in [5.41, 5.74) is 2.65. The van der Waals surface area contributed by atoms with E-state index in [0.29, 0.717) is 0 Å². The Morgan fingerprint density at radius 2 is 2.13 bits per heavy atom. The minimum absolute atomic E-state index is 0.107. The number of hydrogen-bond acceptors (Lipinski definition) is 5. The number of hydrogen-bond donors (Lipinski definition) is 1. The van der Waals surface area contributed by atoms with E-state index in [4.69, 9.17) is 0 Å². The number of nitrogens with one attached hydrogen (secondary N) is 1. The van der Waals surface area contributed by atoms with E-state index < -0.39 is 0 Å². The third-order valence-electron chi connectivity index (χ3n) is 3.72. The second-order valence-corrected chi connectivity index (χ2v) is 7.43. The largest absolute Gasteiger partial charge is 0.360 e. The molecule has 0 bridgehead atoms. The molecule has 0 aliphatic carbocycles. The molecule has 0 fully saturated rings. The number of ketones is 1. The zero-order valence-electron chi connectivity index (χ0n) is 12.3. The maximum absolute atomic E-state index is 12.8. The molecule has 23 heavy (non-hydrogen) atoms. The summed E-state index contributed by atoms with van der Waals surface area (Å²) in [4.78, 5) is 24.6. The van der Waals surface area contributed by atoms with E-state index in [-0.39, 0.29) is 11.0 Å². The van der Waals surface area contributed by atoms with Gasteiger partial charge in [-0.3, -0.25) is 4.79 Å². The zero-order valence-corrected chi connectivity index (χ0v) is 13.9. The highest BCUT2D eigenvalue weighted by atomic mass is 32.2. The van der Waals surface area contributed by atoms with Crippen LogP contribution in [-0.4, -0.2) is 26.0 Å². The fourth-order valence-corrected chi connectivity index (χ4v) is 4.47. The van der Waals surface area contributed by atoms with Gasteiger partial charge < -0.3 is 4.98 Å². The number of benzene rings is 1. The maximum Gasteiger partial charge on any atom is 0.178 e. The van der Waals surface area contributed by atoms with Gasteiger partial charge in [-0.1, -0.05) is 30.0 Å². The third kappa shape index (κ3) is 2.54. The zero-order chi connectivity index (χ0) is 15.8. The van der Waals surface area contributed by atoms with E-state index in [0.717, 1.165) is 31.7 Å². The van der Waals surface area contributed by atoms with E-state index in [9.17, 15) is 4.79 Å². The molecule has 0 aliphatic heterocycles. The molecule has 0 radical (unpaired) electrons. The molecular weight excluding hydrogens is 326 g/mol. The van der Waals surface area contributed by atoms with Crippen LogP contribution in [-0.2, 0) is 0 Å². The van der Waals surface area contributed by atoms with Crippen LogP contribution >= 0.6 is 23.1 Å². The van der Waals surface area contributed by atoms with E-state index in [1.807, 2.05) is 42.6 Å². The van der Waals surface area contributed by atoms with Crippen LogP contribution in [0.4, 0.5) is 0 Å². The molecule has 114 valence electrons. The molecule has 4 nitrogen and oxygen atoms in total. The number of nitrogens with zero attached hydrogens (tertiary/aromatic N) is 2. The van der Waals surface area contributed by atoms with Crippen LogP contribution in [0.5, 0.6) is 0 Å². The number of carbonyl (C=O) groups is 1. The molecule has 1 atom stereocenters. The van der Waals surface area contributed by atoms with Gasteiger partial charge in [0.15, 0.2) is 5.78 Å². The number of carbonyl (C=O) groups excluding carboxylic acids is 1. The molecule has 6 heteroatoms. The summed E-state index contributed by atoms with van der Waals surface area (Å²) in [6.45, 7) is 1.93. The Morgan fingerprint density at radius 1 is 1.26 bits per heavy atom. The highest BCUT2D eigenvalue weighted by Crippen LogP contribution is 2.33. The Labute approximate surface area is 141 Å². The summed E-state index contributed by atoms with van der Waals surface area (Å²) in [5, 5.41) is 3.62. The minimum atomic E-state index is -0.214. The van der Waals surface area contributed by atoms with Crippen molar-refractivity contribution in [3.8, 4) is 0 Å². The first-order valence-electron chi connectivity index (χ1n) is 7.19. The molecule has 0 saturated heterocycles. The van der Waals surface area contributed by atoms with Gasteiger partial charge in [-0.25, -0.2) is 9.97 Å². The van der Waals surface area contributed by atoms with E-state index in [1.165, 1.54) is 11.8 Å². The molecular formula is C17H13N3OS2. The lowest BCUT2D eigenvalue weighted by atomic mass is 10.1. The first kappa shape index (κ1) is 14.4. The fraction of sp³-hybridized carbons (Fsp3) is 0.118. The lowest BCUT2D eigenvalue weighted by molar-refractivity contribution is 0.0995. The van der Waals surface area contributed by atoms with Crippen molar-refractivity contribution < 1.29 is 4.79 Å². The SMILES string of the molecule is CC(Sc1ncnc2ccsc12)C(=O)c1c[nH]c2ccccc12. The van der Waals surface area contributed by atoms with Crippen molar-refractivity contribution in [2.24, 2.45) is 0 Å². The average molecular weight is 339 g/mol. The number of rotatable bonds is 4. The smallest absolute Gasteiger partial charge is 0.178 e. The van der Waals surface area contributed by atoms with E-state index in [1.54, 1.807) is 23.9 Å². The molecule has 0 aliphatic rings. The van der Waals surface area contributed by atoms with Crippen molar-refractivity contribution in [2.45, 2.75) is 17.2 Å². The Hall–Kier alpha value is -2.18. The summed E-state index contributed by atoms with van der Waals surface area (Å²) in [7, 11) is 0. The van der Waals surface area contributed by atoms with Crippen LogP contribution in [0.15, 0.2) is 53.3 Å². The predicted molar refractivity (Wildman–Crippen MR) is 95.4 cm³/mol. The van der Waals surface area contributed by atoms with Gasteiger partial charge in [-0.05, 0) is 24.4 Å². The fourth-order valence-electron chi connectivity index (χ4n) is 2.57. The Kier molecular flexibility index (Phi) is 3.63. The van der Waals surface area contributed by atoms with Gasteiger partial charge >= 0.3 is 0 Å². The van der Waals surface area contributed by atoms with Gasteiger partial charge in [0.1, 0.15) is 11.4 Å². The van der Waals surface area contributed by atoms with Gasteiger partial charge in [0, 0.05) is 22.7 Å². The van der Waals surface area contributed by atoms with Crippen molar-refractivity contribution in [2.75, 3.05) is 0 Å². The number of Topliss-reactive ketones (excluding diaryl/α,β-unsaturated/α-hetero) is 1. The van der Waals surface area contributed by atoms with Gasteiger partial charge in [0.05, 0.1) is 15.5 Å². The third-order valence-corrected chi connectivity index (χ3v) is 5.86. The molecule has 0 amide bonds. The summed E-state index contributed by atoms with van der Waals surface area (Å²) in [6, 6.07) is 9.82. The molecule has 1 N–H and O–H groups in total. The van der Waals surface area contributed by atoms with Crippen LogP contribution < -0.4 is 0 Å². The number of aromatic amines is 1. The van der Waals surface area contributed by atoms with Crippen LogP contribution in [0.25, 0.3) is 21.1 Å². The summed E-state index contributed by atoms with van der Waals surface area (Å²) >= 11 is 3.09. The normalized spacial score (nSPS) is 12.7. The molecule has 0 saturated carbocycles. The van der Waals surface area contributed by atoms with Gasteiger partial charge in [0.25, 0.3) is 0 Å². The quantitative estimate of drug-likeness (QED) is 0.337. The number of aromatic nitrogens is 3. The molecule has 0 spiro atoms. The lowest BCUT2D eigenvalue weighted by Gasteiger charge is -2.09. The Bertz CT molecular complexity index is 1010. The maximum atomic E-state index is 12.8. The monoisotopic (exact) mass is 339 g/mol. The van der Waals surface area contributed by atoms with Gasteiger partial charge in [-0.2, -0.15) is 0 Å². The Balaban J connectivity index is 1.65. The van der Waals surface area contributed by atoms with Crippen LogP contribution in [0.2, 0.25) is 0 Å². The molecule has 3 aromatic heterocycles. The van der Waals surface area contributed by atoms with Crippen LogP contribution in [0.3, 0.4) is 0 Å². The highest BCUT2D eigenvalue weighted by molar-refractivity contribution is 8.00. The molecule has 4 aromatic rings. The van der Waals surface area contributed by atoms with Crippen molar-refractivity contribution in [3.05, 3.63) is 53.8 Å². The summed E-state index contributed by atoms with van der Waals surface area (Å²) in [5.74, 6) is 0.107. The minimum Gasteiger partial charge on any atom is -0.360 e. The molecule has 3 heterocycles. The van der Waals surface area contributed by atoms with Gasteiger partial charge in [0.2, 0.25) is 0 Å². The number of H-pyrrole nitrogens is 1. The predicted octanol–water partition coefficient (Wildman–Crippen LogP) is 4.54. The first-order chi connectivity index (χ1) is 11.2. The van der Waals surface area contributed by atoms with Crippen molar-refractivity contribution >= 4 is 50.0 Å². The van der Waals surface area contributed by atoms with Crippen molar-refractivity contribution in [1.29, 1.82) is 0 Å². The highest BCUT2D eigenvalue weighted by Gasteiger charge is 2.21. The Morgan fingerprint density at radius 3 is 3.04 bits per heavy atom. The van der Waals surface area contributed by atoms with Crippen molar-refractivity contribution in [1.82, 2.24) is 15.0 Å². The van der Waals surface area contributed by atoms with Gasteiger partial charge in [-0.15, -0.1) is 11.3 Å². The average Bonchev–Trinajstić information content (AvgIpc) is 3.21. The van der Waals surface area contributed by atoms with Crippen molar-refractivity contribution in [3.63, 3.8) is 0 Å². The second kappa shape index (κ2) is 5.79. The van der Waals surface area contributed by atoms with Crippen LogP contribution in [0, 0.1) is 0 Å². The number of thiophene rings is 1. The molecule has 1 unspecified atom stereocenters. The molecule has 1 aromatic carbocycles. The lowest BCUT2D eigenvalue weighted by Crippen LogP contribution is -2.13. The summed E-state index contributed by atoms with van der Waals surface area (Å²) < 4.78 is 1.04. The number of thioether (sulfide) groups is 1. The van der Waals surface area contributed by atoms with E-state index in [2.05, 4.69) is 15.0 Å².